The third-order valence-corrected chi connectivity index (χ3v) is 4.88. The van der Waals surface area contributed by atoms with E-state index in [0.717, 1.165) is 23.7 Å². The van der Waals surface area contributed by atoms with Crippen molar-refractivity contribution in [3.05, 3.63) is 76.9 Å². The van der Waals surface area contributed by atoms with Gasteiger partial charge < -0.3 is 5.73 Å². The Bertz CT molecular complexity index is 1150. The fourth-order valence-electron chi connectivity index (χ4n) is 3.22. The highest BCUT2D eigenvalue weighted by Gasteiger charge is 2.34. The molecule has 8 heteroatoms. The van der Waals surface area contributed by atoms with Crippen molar-refractivity contribution >= 4 is 22.6 Å². The summed E-state index contributed by atoms with van der Waals surface area (Å²) >= 11 is 5.98. The lowest BCUT2D eigenvalue weighted by molar-refractivity contribution is -0.137. The van der Waals surface area contributed by atoms with Crippen molar-refractivity contribution < 1.29 is 13.2 Å². The number of nitrogens with zero attached hydrogens (tertiary/aromatic N) is 3. The lowest BCUT2D eigenvalue weighted by atomic mass is 10.1. The number of hydrogen-bond donors (Lipinski definition) is 1. The highest BCUT2D eigenvalue weighted by atomic mass is 35.5. The minimum absolute atomic E-state index is 0.188. The van der Waals surface area contributed by atoms with Gasteiger partial charge in [-0.15, -0.1) is 0 Å². The number of rotatable bonds is 4. The minimum atomic E-state index is -4.57. The molecule has 2 heterocycles. The van der Waals surface area contributed by atoms with Gasteiger partial charge in [0, 0.05) is 11.9 Å². The van der Waals surface area contributed by atoms with Crippen molar-refractivity contribution in [2.75, 3.05) is 6.54 Å². The van der Waals surface area contributed by atoms with Crippen molar-refractivity contribution in [1.82, 2.24) is 14.5 Å². The molecule has 0 amide bonds. The van der Waals surface area contributed by atoms with E-state index in [4.69, 9.17) is 17.3 Å². The molecule has 0 unspecified atom stereocenters. The van der Waals surface area contributed by atoms with Gasteiger partial charge in [0.05, 0.1) is 21.6 Å². The summed E-state index contributed by atoms with van der Waals surface area (Å²) in [5, 5.41) is -0.376. The highest BCUT2D eigenvalue weighted by Crippen LogP contribution is 2.38. The van der Waals surface area contributed by atoms with E-state index in [1.54, 1.807) is 29.0 Å². The van der Waals surface area contributed by atoms with Crippen molar-refractivity contribution in [3.8, 4) is 17.2 Å². The molecule has 4 aromatic rings. The fourth-order valence-corrected chi connectivity index (χ4v) is 3.49. The van der Waals surface area contributed by atoms with Crippen LogP contribution in [0.1, 0.15) is 11.1 Å². The molecule has 0 atom stereocenters. The van der Waals surface area contributed by atoms with Gasteiger partial charge in [-0.2, -0.15) is 13.2 Å². The molecule has 0 aliphatic rings. The summed E-state index contributed by atoms with van der Waals surface area (Å²) in [5.74, 6) is 0.433. The van der Waals surface area contributed by atoms with E-state index in [1.807, 2.05) is 24.3 Å². The molecule has 4 rings (SSSR count). The van der Waals surface area contributed by atoms with Crippen LogP contribution in [0, 0.1) is 0 Å². The Kier molecular flexibility index (Phi) is 5.02. The molecule has 2 N–H and O–H groups in total. The Morgan fingerprint density at radius 2 is 1.79 bits per heavy atom. The number of aromatic nitrogens is 3. The minimum Gasteiger partial charge on any atom is -0.330 e. The van der Waals surface area contributed by atoms with Crippen LogP contribution in [0.4, 0.5) is 13.2 Å². The van der Waals surface area contributed by atoms with Crippen molar-refractivity contribution in [2.24, 2.45) is 5.73 Å². The van der Waals surface area contributed by atoms with Crippen LogP contribution in [0.25, 0.3) is 28.2 Å². The van der Waals surface area contributed by atoms with Crippen LogP contribution in [0.2, 0.25) is 5.02 Å². The molecule has 4 nitrogen and oxygen atoms in total. The first kappa shape index (κ1) is 19.4. The first-order valence-electron chi connectivity index (χ1n) is 8.88. The Balaban J connectivity index is 1.98. The highest BCUT2D eigenvalue weighted by molar-refractivity contribution is 6.32. The van der Waals surface area contributed by atoms with Crippen molar-refractivity contribution in [1.29, 1.82) is 0 Å². The summed E-state index contributed by atoms with van der Waals surface area (Å²) in [6.45, 7) is 0.530. The van der Waals surface area contributed by atoms with Gasteiger partial charge in [0.15, 0.2) is 5.82 Å². The SMILES string of the molecule is NCCc1ccc(-n2c(-c3ccccn3)nc3cc(C(F)(F)F)c(Cl)cc32)cc1. The molecule has 2 aromatic heterocycles. The maximum absolute atomic E-state index is 13.3. The van der Waals surface area contributed by atoms with Crippen LogP contribution < -0.4 is 5.73 Å². The van der Waals surface area contributed by atoms with Crippen LogP contribution in [0.15, 0.2) is 60.8 Å². The lowest BCUT2D eigenvalue weighted by Gasteiger charge is -2.12. The van der Waals surface area contributed by atoms with Gasteiger partial charge in [-0.25, -0.2) is 4.98 Å². The normalized spacial score (nSPS) is 11.9. The summed E-state index contributed by atoms with van der Waals surface area (Å²) in [5.41, 5.74) is 7.69. The molecule has 0 aliphatic heterocycles. The van der Waals surface area contributed by atoms with Crippen molar-refractivity contribution in [2.45, 2.75) is 12.6 Å². The smallest absolute Gasteiger partial charge is 0.330 e. The lowest BCUT2D eigenvalue weighted by Crippen LogP contribution is -2.06. The van der Waals surface area contributed by atoms with Gasteiger partial charge in [-0.05, 0) is 54.9 Å². The molecule has 0 radical (unpaired) electrons. The summed E-state index contributed by atoms with van der Waals surface area (Å²) in [6, 6.07) is 15.2. The first-order chi connectivity index (χ1) is 13.9. The standard InChI is InChI=1S/C21H16ClF3N4/c22-16-12-19-18(11-15(16)21(23,24)25)28-20(17-3-1-2-10-27-17)29(19)14-6-4-13(5-7-14)8-9-26/h1-7,10-12H,8-9,26H2. The predicted molar refractivity (Wildman–Crippen MR) is 107 cm³/mol. The van der Waals surface area contributed by atoms with Crippen LogP contribution in [-0.4, -0.2) is 21.1 Å². The zero-order valence-corrected chi connectivity index (χ0v) is 15.9. The maximum atomic E-state index is 13.3. The third kappa shape index (κ3) is 3.71. The van der Waals surface area contributed by atoms with Crippen LogP contribution >= 0.6 is 11.6 Å². The van der Waals surface area contributed by atoms with Crippen LogP contribution in [-0.2, 0) is 12.6 Å². The number of nitrogens with two attached hydrogens (primary N) is 1. The van der Waals surface area contributed by atoms with Gasteiger partial charge >= 0.3 is 6.18 Å². The molecule has 0 bridgehead atoms. The van der Waals surface area contributed by atoms with E-state index in [9.17, 15) is 13.2 Å². The molecule has 148 valence electrons. The van der Waals surface area contributed by atoms with E-state index < -0.39 is 11.7 Å². The van der Waals surface area contributed by atoms with Gasteiger partial charge in [0.1, 0.15) is 5.69 Å². The zero-order valence-electron chi connectivity index (χ0n) is 15.1. The number of imidazole rings is 1. The summed E-state index contributed by atoms with van der Waals surface area (Å²) in [7, 11) is 0. The number of pyridine rings is 1. The van der Waals surface area contributed by atoms with Crippen LogP contribution in [0.5, 0.6) is 0 Å². The van der Waals surface area contributed by atoms with Crippen molar-refractivity contribution in [3.63, 3.8) is 0 Å². The largest absolute Gasteiger partial charge is 0.417 e. The molecule has 0 saturated heterocycles. The summed E-state index contributed by atoms with van der Waals surface area (Å²) < 4.78 is 41.7. The second-order valence-electron chi connectivity index (χ2n) is 6.51. The molecule has 0 aliphatic carbocycles. The predicted octanol–water partition coefficient (Wildman–Crippen LogP) is 5.26. The quantitative estimate of drug-likeness (QED) is 0.493. The molecular weight excluding hydrogens is 401 g/mol. The Hall–Kier alpha value is -2.90. The summed E-state index contributed by atoms with van der Waals surface area (Å²) in [4.78, 5) is 8.77. The third-order valence-electron chi connectivity index (χ3n) is 4.57. The molecule has 0 saturated carbocycles. The first-order valence-corrected chi connectivity index (χ1v) is 9.26. The fraction of sp³-hybridized carbons (Fsp3) is 0.143. The number of hydrogen-bond acceptors (Lipinski definition) is 3. The van der Waals surface area contributed by atoms with E-state index in [0.29, 0.717) is 23.6 Å². The topological polar surface area (TPSA) is 56.7 Å². The molecule has 29 heavy (non-hydrogen) atoms. The van der Waals surface area contributed by atoms with E-state index in [2.05, 4.69) is 9.97 Å². The van der Waals surface area contributed by atoms with E-state index in [-0.39, 0.29) is 10.5 Å². The number of alkyl halides is 3. The summed E-state index contributed by atoms with van der Waals surface area (Å²) in [6.07, 6.45) is -2.22. The second kappa shape index (κ2) is 7.50. The molecule has 0 spiro atoms. The Labute approximate surface area is 169 Å². The van der Waals surface area contributed by atoms with E-state index in [1.165, 1.54) is 6.07 Å². The zero-order chi connectivity index (χ0) is 20.6. The van der Waals surface area contributed by atoms with Gasteiger partial charge in [-0.1, -0.05) is 29.8 Å². The molecular formula is C21H16ClF3N4. The molecule has 2 aromatic carbocycles. The van der Waals surface area contributed by atoms with Gasteiger partial charge in [-0.3, -0.25) is 9.55 Å². The number of fused-ring (bicyclic) bond motifs is 1. The number of benzene rings is 2. The van der Waals surface area contributed by atoms with Crippen LogP contribution in [0.3, 0.4) is 0 Å². The average Bonchev–Trinajstić information content (AvgIpc) is 3.06. The van der Waals surface area contributed by atoms with Gasteiger partial charge in [0.2, 0.25) is 0 Å². The number of halogens is 4. The van der Waals surface area contributed by atoms with Gasteiger partial charge in [0.25, 0.3) is 0 Å². The second-order valence-corrected chi connectivity index (χ2v) is 6.92. The van der Waals surface area contributed by atoms with E-state index >= 15 is 0 Å². The monoisotopic (exact) mass is 416 g/mol. The Morgan fingerprint density at radius 3 is 2.41 bits per heavy atom. The Morgan fingerprint density at radius 1 is 1.03 bits per heavy atom. The average molecular weight is 417 g/mol. The maximum Gasteiger partial charge on any atom is 0.417 e. The molecule has 0 fully saturated rings.